The normalized spacial score (nSPS) is 18.8. The third-order valence-electron chi connectivity index (χ3n) is 3.43. The van der Waals surface area contributed by atoms with Gasteiger partial charge in [0.15, 0.2) is 5.13 Å². The van der Waals surface area contributed by atoms with Crippen molar-refractivity contribution in [3.8, 4) is 0 Å². The van der Waals surface area contributed by atoms with Crippen LogP contribution >= 0.6 is 11.3 Å². The van der Waals surface area contributed by atoms with Crippen molar-refractivity contribution in [2.75, 3.05) is 32.2 Å². The molecule has 112 valence electrons. The van der Waals surface area contributed by atoms with Crippen LogP contribution in [0, 0.1) is 0 Å². The number of rotatable bonds is 6. The topological polar surface area (TPSA) is 51.7 Å². The van der Waals surface area contributed by atoms with Crippen molar-refractivity contribution in [3.05, 3.63) is 11.1 Å². The van der Waals surface area contributed by atoms with Gasteiger partial charge in [-0.15, -0.1) is 11.3 Å². The molecule has 0 N–H and O–H groups in total. The van der Waals surface area contributed by atoms with Crippen molar-refractivity contribution in [1.82, 2.24) is 4.98 Å². The zero-order chi connectivity index (χ0) is 14.4. The number of carbonyl (C=O) groups excluding carboxylic acids is 1. The number of methoxy groups -OCH3 is 1. The van der Waals surface area contributed by atoms with Crippen molar-refractivity contribution in [2.24, 2.45) is 0 Å². The fourth-order valence-corrected chi connectivity index (χ4v) is 3.09. The molecule has 0 aromatic carbocycles. The highest BCUT2D eigenvalue weighted by Crippen LogP contribution is 2.22. The van der Waals surface area contributed by atoms with E-state index in [2.05, 4.69) is 14.6 Å². The van der Waals surface area contributed by atoms with Crippen molar-refractivity contribution in [2.45, 2.75) is 38.2 Å². The first-order chi connectivity index (χ1) is 9.69. The second kappa shape index (κ2) is 7.59. The van der Waals surface area contributed by atoms with Crippen molar-refractivity contribution in [1.29, 1.82) is 0 Å². The first kappa shape index (κ1) is 15.3. The maximum Gasteiger partial charge on any atom is 0.305 e. The molecule has 5 nitrogen and oxygen atoms in total. The van der Waals surface area contributed by atoms with E-state index in [9.17, 15) is 4.79 Å². The van der Waals surface area contributed by atoms with Gasteiger partial charge in [-0.25, -0.2) is 4.98 Å². The molecule has 0 radical (unpaired) electrons. The van der Waals surface area contributed by atoms with Crippen LogP contribution in [0.3, 0.4) is 0 Å². The summed E-state index contributed by atoms with van der Waals surface area (Å²) >= 11 is 1.61. The van der Waals surface area contributed by atoms with Crippen LogP contribution in [-0.2, 0) is 20.7 Å². The lowest BCUT2D eigenvalue weighted by molar-refractivity contribution is -0.140. The van der Waals surface area contributed by atoms with E-state index in [1.807, 2.05) is 12.4 Å². The van der Waals surface area contributed by atoms with Gasteiger partial charge in [-0.05, 0) is 19.3 Å². The van der Waals surface area contributed by atoms with Gasteiger partial charge in [-0.1, -0.05) is 0 Å². The second-order valence-corrected chi connectivity index (χ2v) is 5.90. The Balaban J connectivity index is 1.82. The summed E-state index contributed by atoms with van der Waals surface area (Å²) in [5, 5.41) is 3.00. The zero-order valence-corrected chi connectivity index (χ0v) is 12.9. The van der Waals surface area contributed by atoms with E-state index in [0.717, 1.165) is 30.4 Å². The number of esters is 1. The van der Waals surface area contributed by atoms with E-state index < -0.39 is 0 Å². The molecular formula is C14H22N2O3S. The molecule has 2 heterocycles. The number of nitrogens with zero attached hydrogens (tertiary/aromatic N) is 2. The first-order valence-corrected chi connectivity index (χ1v) is 7.91. The number of aryl methyl sites for hydroxylation is 1. The Kier molecular flexibility index (Phi) is 5.79. The largest absolute Gasteiger partial charge is 0.469 e. The summed E-state index contributed by atoms with van der Waals surface area (Å²) in [6, 6.07) is 0. The third-order valence-corrected chi connectivity index (χ3v) is 4.43. The minimum Gasteiger partial charge on any atom is -0.469 e. The molecule has 0 saturated carbocycles. The summed E-state index contributed by atoms with van der Waals surface area (Å²) in [5.74, 6) is -0.191. The molecule has 1 fully saturated rings. The summed E-state index contributed by atoms with van der Waals surface area (Å²) < 4.78 is 10.4. The van der Waals surface area contributed by atoms with Crippen LogP contribution in [0.1, 0.15) is 31.4 Å². The van der Waals surface area contributed by atoms with Crippen molar-refractivity contribution in [3.63, 3.8) is 0 Å². The minimum atomic E-state index is -0.191. The van der Waals surface area contributed by atoms with E-state index in [0.29, 0.717) is 18.9 Å². The molecule has 6 heteroatoms. The van der Waals surface area contributed by atoms with Crippen LogP contribution in [0.25, 0.3) is 0 Å². The lowest BCUT2D eigenvalue weighted by atomic mass is 10.1. The Hall–Kier alpha value is -1.14. The minimum absolute atomic E-state index is 0.191. The lowest BCUT2D eigenvalue weighted by Gasteiger charge is -2.27. The summed E-state index contributed by atoms with van der Waals surface area (Å²) in [4.78, 5) is 17.8. The average molecular weight is 298 g/mol. The molecule has 0 amide bonds. The Morgan fingerprint density at radius 3 is 3.15 bits per heavy atom. The predicted octanol–water partition coefficient (Wildman–Crippen LogP) is 2.25. The van der Waals surface area contributed by atoms with Crippen LogP contribution in [0.4, 0.5) is 5.13 Å². The molecule has 1 aromatic rings. The summed E-state index contributed by atoms with van der Waals surface area (Å²) in [6.45, 7) is 1.75. The van der Waals surface area contributed by atoms with Crippen LogP contribution < -0.4 is 4.90 Å². The van der Waals surface area contributed by atoms with Gasteiger partial charge >= 0.3 is 5.97 Å². The molecule has 0 aliphatic carbocycles. The third kappa shape index (κ3) is 4.45. The van der Waals surface area contributed by atoms with Gasteiger partial charge in [-0.3, -0.25) is 4.79 Å². The Bertz CT molecular complexity index is 430. The lowest BCUT2D eigenvalue weighted by Crippen LogP contribution is -2.33. The molecule has 1 aliphatic rings. The standard InChI is InChI=1S/C14H22N2O3S/c1-16(9-12-5-3-4-8-19-12)14-15-11(10-20-14)6-7-13(17)18-2/h10,12H,3-9H2,1-2H3. The van der Waals surface area contributed by atoms with Crippen LogP contribution in [0.15, 0.2) is 5.38 Å². The average Bonchev–Trinajstić information content (AvgIpc) is 2.95. The van der Waals surface area contributed by atoms with E-state index in [-0.39, 0.29) is 5.97 Å². The molecule has 1 saturated heterocycles. The molecule has 20 heavy (non-hydrogen) atoms. The Labute approximate surface area is 123 Å². The highest BCUT2D eigenvalue weighted by atomic mass is 32.1. The van der Waals surface area contributed by atoms with Gasteiger partial charge in [0.1, 0.15) is 0 Å². The van der Waals surface area contributed by atoms with Crippen LogP contribution in [0.2, 0.25) is 0 Å². The van der Waals surface area contributed by atoms with E-state index in [1.165, 1.54) is 20.0 Å². The molecule has 2 rings (SSSR count). The van der Waals surface area contributed by atoms with Crippen molar-refractivity contribution >= 4 is 22.4 Å². The number of ether oxygens (including phenoxy) is 2. The predicted molar refractivity (Wildman–Crippen MR) is 79.3 cm³/mol. The van der Waals surface area contributed by atoms with Gasteiger partial charge in [-0.2, -0.15) is 0 Å². The Morgan fingerprint density at radius 2 is 2.45 bits per heavy atom. The number of hydrogen-bond donors (Lipinski definition) is 0. The smallest absolute Gasteiger partial charge is 0.305 e. The maximum atomic E-state index is 11.1. The molecule has 1 aromatic heterocycles. The van der Waals surface area contributed by atoms with E-state index in [1.54, 1.807) is 11.3 Å². The number of aromatic nitrogens is 1. The second-order valence-electron chi connectivity index (χ2n) is 5.07. The van der Waals surface area contributed by atoms with Gasteiger partial charge in [0.05, 0.1) is 25.3 Å². The quantitative estimate of drug-likeness (QED) is 0.754. The number of thiazole rings is 1. The van der Waals surface area contributed by atoms with E-state index in [4.69, 9.17) is 4.74 Å². The Morgan fingerprint density at radius 1 is 1.60 bits per heavy atom. The highest BCUT2D eigenvalue weighted by molar-refractivity contribution is 7.13. The van der Waals surface area contributed by atoms with Crippen LogP contribution in [-0.4, -0.2) is 44.4 Å². The highest BCUT2D eigenvalue weighted by Gasteiger charge is 2.17. The molecule has 1 aliphatic heterocycles. The number of anilines is 1. The van der Waals surface area contributed by atoms with Gasteiger partial charge in [0, 0.05) is 32.0 Å². The summed E-state index contributed by atoms with van der Waals surface area (Å²) in [7, 11) is 3.45. The SMILES string of the molecule is COC(=O)CCc1csc(N(C)CC2CCCCO2)n1. The maximum absolute atomic E-state index is 11.1. The molecule has 0 bridgehead atoms. The fourth-order valence-electron chi connectivity index (χ4n) is 2.25. The molecular weight excluding hydrogens is 276 g/mol. The number of likely N-dealkylation sites (N-methyl/N-ethyl adjacent to an activating group) is 1. The monoisotopic (exact) mass is 298 g/mol. The molecule has 1 unspecified atom stereocenters. The van der Waals surface area contributed by atoms with Gasteiger partial charge < -0.3 is 14.4 Å². The fraction of sp³-hybridized carbons (Fsp3) is 0.714. The van der Waals surface area contributed by atoms with Gasteiger partial charge in [0.2, 0.25) is 0 Å². The van der Waals surface area contributed by atoms with Crippen LogP contribution in [0.5, 0.6) is 0 Å². The molecule has 0 spiro atoms. The zero-order valence-electron chi connectivity index (χ0n) is 12.1. The van der Waals surface area contributed by atoms with E-state index >= 15 is 0 Å². The summed E-state index contributed by atoms with van der Waals surface area (Å²) in [6.07, 6.45) is 4.89. The number of carbonyl (C=O) groups is 1. The van der Waals surface area contributed by atoms with Gasteiger partial charge in [0.25, 0.3) is 0 Å². The summed E-state index contributed by atoms with van der Waals surface area (Å²) in [5.41, 5.74) is 0.951. The first-order valence-electron chi connectivity index (χ1n) is 7.03. The van der Waals surface area contributed by atoms with Crippen molar-refractivity contribution < 1.29 is 14.3 Å². The molecule has 1 atom stereocenters. The number of hydrogen-bond acceptors (Lipinski definition) is 6.